The van der Waals surface area contributed by atoms with Gasteiger partial charge in [-0.15, -0.1) is 0 Å². The number of benzene rings is 2. The van der Waals surface area contributed by atoms with Crippen LogP contribution in [0.2, 0.25) is 0 Å². The SMILES string of the molecule is CC(C)NC(=O)C(C#N)=Cc1cc(Br)ccc1OCc1ccccc1. The minimum absolute atomic E-state index is 0.0383. The van der Waals surface area contributed by atoms with E-state index < -0.39 is 5.91 Å². The topological polar surface area (TPSA) is 62.1 Å². The summed E-state index contributed by atoms with van der Waals surface area (Å²) in [6, 6.07) is 17.2. The van der Waals surface area contributed by atoms with Crippen molar-refractivity contribution >= 4 is 27.9 Å². The van der Waals surface area contributed by atoms with Crippen LogP contribution in [0.1, 0.15) is 25.0 Å². The van der Waals surface area contributed by atoms with Crippen LogP contribution in [0.5, 0.6) is 5.75 Å². The molecule has 0 fully saturated rings. The van der Waals surface area contributed by atoms with Crippen molar-refractivity contribution in [3.05, 3.63) is 69.7 Å². The molecular weight excluding hydrogens is 380 g/mol. The molecule has 0 saturated heterocycles. The average Bonchev–Trinajstić information content (AvgIpc) is 2.59. The summed E-state index contributed by atoms with van der Waals surface area (Å²) in [5, 5.41) is 12.0. The normalized spacial score (nSPS) is 11.1. The highest BCUT2D eigenvalue weighted by molar-refractivity contribution is 9.10. The molecule has 4 nitrogen and oxygen atoms in total. The van der Waals surface area contributed by atoms with Gasteiger partial charge in [0.15, 0.2) is 0 Å². The number of halogens is 1. The van der Waals surface area contributed by atoms with Gasteiger partial charge in [0.2, 0.25) is 0 Å². The molecule has 2 aromatic carbocycles. The van der Waals surface area contributed by atoms with E-state index in [2.05, 4.69) is 21.2 Å². The average molecular weight is 399 g/mol. The van der Waals surface area contributed by atoms with Gasteiger partial charge < -0.3 is 10.1 Å². The van der Waals surface area contributed by atoms with Crippen molar-refractivity contribution in [2.45, 2.75) is 26.5 Å². The van der Waals surface area contributed by atoms with Crippen molar-refractivity contribution in [2.24, 2.45) is 0 Å². The minimum Gasteiger partial charge on any atom is -0.488 e. The summed E-state index contributed by atoms with van der Waals surface area (Å²) in [7, 11) is 0. The van der Waals surface area contributed by atoms with Crippen molar-refractivity contribution in [3.63, 3.8) is 0 Å². The van der Waals surface area contributed by atoms with Gasteiger partial charge in [-0.1, -0.05) is 46.3 Å². The molecule has 0 bridgehead atoms. The fraction of sp³-hybridized carbons (Fsp3) is 0.200. The summed E-state index contributed by atoms with van der Waals surface area (Å²) < 4.78 is 6.72. The summed E-state index contributed by atoms with van der Waals surface area (Å²) in [5.74, 6) is 0.212. The first-order valence-electron chi connectivity index (χ1n) is 7.88. The first-order chi connectivity index (χ1) is 12.0. The molecule has 1 N–H and O–H groups in total. The molecular formula is C20H19BrN2O2. The highest BCUT2D eigenvalue weighted by Gasteiger charge is 2.12. The molecule has 128 valence electrons. The predicted octanol–water partition coefficient (Wildman–Crippen LogP) is 4.46. The number of nitriles is 1. The third kappa shape index (κ3) is 5.77. The second kappa shape index (κ2) is 9.05. The Morgan fingerprint density at radius 1 is 1.28 bits per heavy atom. The predicted molar refractivity (Wildman–Crippen MR) is 102 cm³/mol. The Morgan fingerprint density at radius 3 is 2.64 bits per heavy atom. The summed E-state index contributed by atoms with van der Waals surface area (Å²) in [5.41, 5.74) is 1.75. The lowest BCUT2D eigenvalue weighted by molar-refractivity contribution is -0.117. The maximum atomic E-state index is 12.1. The molecule has 2 aromatic rings. The van der Waals surface area contributed by atoms with E-state index in [4.69, 9.17) is 4.74 Å². The standard InChI is InChI=1S/C20H19BrN2O2/c1-14(2)23-20(24)17(12-22)10-16-11-18(21)8-9-19(16)25-13-15-6-4-3-5-7-15/h3-11,14H,13H2,1-2H3,(H,23,24). The van der Waals surface area contributed by atoms with Crippen LogP contribution in [0.25, 0.3) is 6.08 Å². The van der Waals surface area contributed by atoms with Crippen LogP contribution in [0, 0.1) is 11.3 Å². The number of nitrogens with one attached hydrogen (secondary N) is 1. The maximum Gasteiger partial charge on any atom is 0.262 e. The summed E-state index contributed by atoms with van der Waals surface area (Å²) >= 11 is 3.41. The first kappa shape index (κ1) is 18.8. The van der Waals surface area contributed by atoms with E-state index in [0.717, 1.165) is 10.0 Å². The van der Waals surface area contributed by atoms with Gasteiger partial charge in [-0.25, -0.2) is 0 Å². The maximum absolute atomic E-state index is 12.1. The minimum atomic E-state index is -0.397. The molecule has 0 unspecified atom stereocenters. The van der Waals surface area contributed by atoms with E-state index in [1.165, 1.54) is 0 Å². The van der Waals surface area contributed by atoms with Crippen LogP contribution in [0.15, 0.2) is 58.6 Å². The van der Waals surface area contributed by atoms with E-state index in [9.17, 15) is 10.1 Å². The second-order valence-electron chi connectivity index (χ2n) is 5.75. The first-order valence-corrected chi connectivity index (χ1v) is 8.68. The Bertz CT molecular complexity index is 808. The lowest BCUT2D eigenvalue weighted by atomic mass is 10.1. The smallest absolute Gasteiger partial charge is 0.262 e. The molecule has 0 aromatic heterocycles. The molecule has 0 saturated carbocycles. The Balaban J connectivity index is 2.27. The molecule has 5 heteroatoms. The molecule has 1 amide bonds. The molecule has 25 heavy (non-hydrogen) atoms. The van der Waals surface area contributed by atoms with Crippen LogP contribution < -0.4 is 10.1 Å². The van der Waals surface area contributed by atoms with Crippen LogP contribution in [0.3, 0.4) is 0 Å². The zero-order valence-corrected chi connectivity index (χ0v) is 15.7. The third-order valence-electron chi connectivity index (χ3n) is 3.29. The molecule has 0 heterocycles. The fourth-order valence-electron chi connectivity index (χ4n) is 2.14. The number of hydrogen-bond donors (Lipinski definition) is 1. The second-order valence-corrected chi connectivity index (χ2v) is 6.67. The van der Waals surface area contributed by atoms with Gasteiger partial charge in [-0.3, -0.25) is 4.79 Å². The number of nitrogens with zero attached hydrogens (tertiary/aromatic N) is 1. The van der Waals surface area contributed by atoms with Gasteiger partial charge in [-0.05, 0) is 43.7 Å². The molecule has 0 aliphatic heterocycles. The van der Waals surface area contributed by atoms with E-state index in [-0.39, 0.29) is 11.6 Å². The Morgan fingerprint density at radius 2 is 2.00 bits per heavy atom. The van der Waals surface area contributed by atoms with E-state index in [1.54, 1.807) is 6.08 Å². The van der Waals surface area contributed by atoms with Gasteiger partial charge in [0.25, 0.3) is 5.91 Å². The molecule has 0 atom stereocenters. The van der Waals surface area contributed by atoms with Crippen LogP contribution in [0.4, 0.5) is 0 Å². The van der Waals surface area contributed by atoms with Gasteiger partial charge >= 0.3 is 0 Å². The quantitative estimate of drug-likeness (QED) is 0.576. The summed E-state index contributed by atoms with van der Waals surface area (Å²) in [6.45, 7) is 4.10. The van der Waals surface area contributed by atoms with Crippen molar-refractivity contribution in [1.29, 1.82) is 5.26 Å². The number of carbonyl (C=O) groups excluding carboxylic acids is 1. The van der Waals surface area contributed by atoms with Crippen molar-refractivity contribution in [1.82, 2.24) is 5.32 Å². The lowest BCUT2D eigenvalue weighted by Crippen LogP contribution is -2.30. The fourth-order valence-corrected chi connectivity index (χ4v) is 2.52. The highest BCUT2D eigenvalue weighted by atomic mass is 79.9. The molecule has 0 radical (unpaired) electrons. The van der Waals surface area contributed by atoms with E-state index in [0.29, 0.717) is 17.9 Å². The molecule has 0 spiro atoms. The van der Waals surface area contributed by atoms with Gasteiger partial charge in [0, 0.05) is 16.1 Å². The lowest BCUT2D eigenvalue weighted by Gasteiger charge is -2.11. The number of hydrogen-bond acceptors (Lipinski definition) is 3. The zero-order valence-electron chi connectivity index (χ0n) is 14.1. The van der Waals surface area contributed by atoms with Gasteiger partial charge in [0.05, 0.1) is 0 Å². The Hall–Kier alpha value is -2.58. The zero-order chi connectivity index (χ0) is 18.2. The van der Waals surface area contributed by atoms with Crippen LogP contribution in [-0.2, 0) is 11.4 Å². The Kier molecular flexibility index (Phi) is 6.79. The van der Waals surface area contributed by atoms with Crippen molar-refractivity contribution in [3.8, 4) is 11.8 Å². The number of carbonyl (C=O) groups is 1. The molecule has 0 aliphatic carbocycles. The summed E-state index contributed by atoms with van der Waals surface area (Å²) in [6.07, 6.45) is 1.54. The van der Waals surface area contributed by atoms with Gasteiger partial charge in [-0.2, -0.15) is 5.26 Å². The largest absolute Gasteiger partial charge is 0.488 e. The van der Waals surface area contributed by atoms with E-state index in [1.807, 2.05) is 68.4 Å². The van der Waals surface area contributed by atoms with Crippen molar-refractivity contribution in [2.75, 3.05) is 0 Å². The number of rotatable bonds is 6. The number of amides is 1. The summed E-state index contributed by atoms with van der Waals surface area (Å²) in [4.78, 5) is 12.1. The van der Waals surface area contributed by atoms with Crippen LogP contribution in [-0.4, -0.2) is 11.9 Å². The monoisotopic (exact) mass is 398 g/mol. The van der Waals surface area contributed by atoms with Gasteiger partial charge in [0.1, 0.15) is 24.0 Å². The molecule has 0 aliphatic rings. The highest BCUT2D eigenvalue weighted by Crippen LogP contribution is 2.26. The number of ether oxygens (including phenoxy) is 1. The van der Waals surface area contributed by atoms with Crippen LogP contribution >= 0.6 is 15.9 Å². The van der Waals surface area contributed by atoms with E-state index >= 15 is 0 Å². The van der Waals surface area contributed by atoms with Crippen molar-refractivity contribution < 1.29 is 9.53 Å². The Labute approximate surface area is 156 Å². The third-order valence-corrected chi connectivity index (χ3v) is 3.79. The molecule has 2 rings (SSSR count).